The number of nitrogens with one attached hydrogen (secondary N) is 1. The first kappa shape index (κ1) is 16.2. The third-order valence-corrected chi connectivity index (χ3v) is 4.71. The topological polar surface area (TPSA) is 72.2 Å². The van der Waals surface area contributed by atoms with Crippen molar-refractivity contribution in [1.29, 1.82) is 0 Å². The zero-order chi connectivity index (χ0) is 17.2. The van der Waals surface area contributed by atoms with Crippen molar-refractivity contribution < 1.29 is 14.0 Å². The Hall–Kier alpha value is -2.69. The Morgan fingerprint density at radius 3 is 2.21 bits per heavy atom. The molecule has 1 aliphatic carbocycles. The van der Waals surface area contributed by atoms with Gasteiger partial charge in [0.25, 0.3) is 0 Å². The SMILES string of the molecule is NC(=O)c1ccc(NC(=O)C2(c3ccccc3F)CCCC2)cc1. The molecule has 0 atom stereocenters. The number of amides is 2. The third kappa shape index (κ3) is 2.89. The van der Waals surface area contributed by atoms with Gasteiger partial charge in [-0.3, -0.25) is 9.59 Å². The Bertz CT molecular complexity index is 765. The largest absolute Gasteiger partial charge is 0.366 e. The van der Waals surface area contributed by atoms with Gasteiger partial charge in [-0.05, 0) is 43.2 Å². The van der Waals surface area contributed by atoms with E-state index in [4.69, 9.17) is 5.73 Å². The van der Waals surface area contributed by atoms with Gasteiger partial charge in [0.05, 0.1) is 5.41 Å². The minimum Gasteiger partial charge on any atom is -0.366 e. The normalized spacial score (nSPS) is 15.9. The number of hydrogen-bond acceptors (Lipinski definition) is 2. The zero-order valence-corrected chi connectivity index (χ0v) is 13.2. The Balaban J connectivity index is 1.88. The molecule has 0 unspecified atom stereocenters. The van der Waals surface area contributed by atoms with Gasteiger partial charge < -0.3 is 11.1 Å². The molecule has 24 heavy (non-hydrogen) atoms. The lowest BCUT2D eigenvalue weighted by Crippen LogP contribution is -2.38. The molecule has 2 aromatic carbocycles. The summed E-state index contributed by atoms with van der Waals surface area (Å²) in [7, 11) is 0. The van der Waals surface area contributed by atoms with Crippen LogP contribution in [0.1, 0.15) is 41.6 Å². The summed E-state index contributed by atoms with van der Waals surface area (Å²) < 4.78 is 14.3. The summed E-state index contributed by atoms with van der Waals surface area (Å²) in [5.41, 5.74) is 5.76. The highest BCUT2D eigenvalue weighted by Gasteiger charge is 2.44. The number of carbonyl (C=O) groups excluding carboxylic acids is 2. The predicted octanol–water partition coefficient (Wildman–Crippen LogP) is 3.38. The molecule has 0 radical (unpaired) electrons. The lowest BCUT2D eigenvalue weighted by Gasteiger charge is -2.28. The fraction of sp³-hybridized carbons (Fsp3) is 0.263. The average molecular weight is 326 g/mol. The molecule has 0 heterocycles. The van der Waals surface area contributed by atoms with Crippen molar-refractivity contribution in [3.05, 3.63) is 65.5 Å². The van der Waals surface area contributed by atoms with E-state index in [-0.39, 0.29) is 11.7 Å². The van der Waals surface area contributed by atoms with Gasteiger partial charge in [-0.1, -0.05) is 31.0 Å². The van der Waals surface area contributed by atoms with Gasteiger partial charge in [-0.2, -0.15) is 0 Å². The quantitative estimate of drug-likeness (QED) is 0.904. The Morgan fingerprint density at radius 1 is 1.00 bits per heavy atom. The first-order chi connectivity index (χ1) is 11.5. The first-order valence-corrected chi connectivity index (χ1v) is 7.99. The number of benzene rings is 2. The van der Waals surface area contributed by atoms with Crippen LogP contribution in [0.4, 0.5) is 10.1 Å². The summed E-state index contributed by atoms with van der Waals surface area (Å²) >= 11 is 0. The molecule has 0 aliphatic heterocycles. The van der Waals surface area contributed by atoms with Crippen molar-refractivity contribution in [1.82, 2.24) is 0 Å². The highest BCUT2D eigenvalue weighted by Crippen LogP contribution is 2.43. The Labute approximate surface area is 139 Å². The van der Waals surface area contributed by atoms with Gasteiger partial charge in [-0.25, -0.2) is 4.39 Å². The fourth-order valence-corrected chi connectivity index (χ4v) is 3.42. The number of hydrogen-bond donors (Lipinski definition) is 2. The summed E-state index contributed by atoms with van der Waals surface area (Å²) in [4.78, 5) is 24.0. The number of carbonyl (C=O) groups is 2. The maximum Gasteiger partial charge on any atom is 0.248 e. The van der Waals surface area contributed by atoms with Gasteiger partial charge in [0.15, 0.2) is 0 Å². The van der Waals surface area contributed by atoms with Crippen molar-refractivity contribution in [3.63, 3.8) is 0 Å². The van der Waals surface area contributed by atoms with E-state index >= 15 is 0 Å². The second-order valence-electron chi connectivity index (χ2n) is 6.16. The molecule has 124 valence electrons. The van der Waals surface area contributed by atoms with Crippen LogP contribution in [0.15, 0.2) is 48.5 Å². The van der Waals surface area contributed by atoms with E-state index in [1.807, 2.05) is 0 Å². The summed E-state index contributed by atoms with van der Waals surface area (Å²) in [5.74, 6) is -1.08. The van der Waals surface area contributed by atoms with E-state index in [2.05, 4.69) is 5.32 Å². The lowest BCUT2D eigenvalue weighted by molar-refractivity contribution is -0.121. The molecule has 2 aromatic rings. The van der Waals surface area contributed by atoms with Crippen LogP contribution in [-0.4, -0.2) is 11.8 Å². The number of anilines is 1. The van der Waals surface area contributed by atoms with Gasteiger partial charge >= 0.3 is 0 Å². The molecule has 1 fully saturated rings. The summed E-state index contributed by atoms with van der Waals surface area (Å²) in [6, 6.07) is 12.8. The maximum absolute atomic E-state index is 14.3. The van der Waals surface area contributed by atoms with E-state index in [9.17, 15) is 14.0 Å². The van der Waals surface area contributed by atoms with Crippen molar-refractivity contribution in [2.75, 3.05) is 5.32 Å². The molecule has 4 nitrogen and oxygen atoms in total. The minimum absolute atomic E-state index is 0.211. The molecular weight excluding hydrogens is 307 g/mol. The fourth-order valence-electron chi connectivity index (χ4n) is 3.42. The highest BCUT2D eigenvalue weighted by atomic mass is 19.1. The predicted molar refractivity (Wildman–Crippen MR) is 90.1 cm³/mol. The number of halogens is 1. The van der Waals surface area contributed by atoms with Crippen LogP contribution in [0, 0.1) is 5.82 Å². The summed E-state index contributed by atoms with van der Waals surface area (Å²) in [5, 5.41) is 2.86. The monoisotopic (exact) mass is 326 g/mol. The van der Waals surface area contributed by atoms with Crippen molar-refractivity contribution in [2.45, 2.75) is 31.1 Å². The molecule has 2 amide bonds. The first-order valence-electron chi connectivity index (χ1n) is 7.99. The molecule has 0 bridgehead atoms. The van der Waals surface area contributed by atoms with Crippen molar-refractivity contribution in [2.24, 2.45) is 5.73 Å². The van der Waals surface area contributed by atoms with Crippen LogP contribution in [0.25, 0.3) is 0 Å². The zero-order valence-electron chi connectivity index (χ0n) is 13.2. The molecular formula is C19H19FN2O2. The number of rotatable bonds is 4. The third-order valence-electron chi connectivity index (χ3n) is 4.71. The average Bonchev–Trinajstić information content (AvgIpc) is 3.06. The van der Waals surface area contributed by atoms with Crippen LogP contribution >= 0.6 is 0 Å². The molecule has 5 heteroatoms. The van der Waals surface area contributed by atoms with Crippen LogP contribution < -0.4 is 11.1 Å². The smallest absolute Gasteiger partial charge is 0.248 e. The van der Waals surface area contributed by atoms with Crippen LogP contribution in [0.2, 0.25) is 0 Å². The molecule has 1 saturated carbocycles. The van der Waals surface area contributed by atoms with Crippen molar-refractivity contribution >= 4 is 17.5 Å². The second-order valence-corrected chi connectivity index (χ2v) is 6.16. The summed E-state index contributed by atoms with van der Waals surface area (Å²) in [6.45, 7) is 0. The standard InChI is InChI=1S/C19H19FN2O2/c20-16-6-2-1-5-15(16)19(11-3-4-12-19)18(24)22-14-9-7-13(8-10-14)17(21)23/h1-2,5-10H,3-4,11-12H2,(H2,21,23)(H,22,24). The van der Waals surface area contributed by atoms with E-state index in [0.29, 0.717) is 29.7 Å². The Morgan fingerprint density at radius 2 is 1.62 bits per heavy atom. The van der Waals surface area contributed by atoms with Gasteiger partial charge in [0.2, 0.25) is 11.8 Å². The highest BCUT2D eigenvalue weighted by molar-refractivity contribution is 6.00. The number of primary amides is 1. The lowest BCUT2D eigenvalue weighted by atomic mass is 9.77. The molecule has 3 rings (SSSR count). The molecule has 0 spiro atoms. The molecule has 3 N–H and O–H groups in total. The van der Waals surface area contributed by atoms with E-state index in [1.54, 1.807) is 42.5 Å². The summed E-state index contributed by atoms with van der Waals surface area (Å²) in [6.07, 6.45) is 3.03. The molecule has 0 saturated heterocycles. The molecule has 1 aliphatic rings. The van der Waals surface area contributed by atoms with Gasteiger partial charge in [0, 0.05) is 16.8 Å². The Kier molecular flexibility index (Phi) is 4.34. The molecule has 0 aromatic heterocycles. The number of nitrogens with two attached hydrogens (primary N) is 1. The second kappa shape index (κ2) is 6.43. The minimum atomic E-state index is -0.840. The van der Waals surface area contributed by atoms with Crippen LogP contribution in [0.5, 0.6) is 0 Å². The van der Waals surface area contributed by atoms with E-state index < -0.39 is 11.3 Å². The maximum atomic E-state index is 14.3. The van der Waals surface area contributed by atoms with E-state index in [1.165, 1.54) is 6.07 Å². The van der Waals surface area contributed by atoms with Gasteiger partial charge in [0.1, 0.15) is 5.82 Å². The van der Waals surface area contributed by atoms with Crippen LogP contribution in [-0.2, 0) is 10.2 Å². The van der Waals surface area contributed by atoms with Crippen molar-refractivity contribution in [3.8, 4) is 0 Å². The van der Waals surface area contributed by atoms with Crippen LogP contribution in [0.3, 0.4) is 0 Å². The van der Waals surface area contributed by atoms with E-state index in [0.717, 1.165) is 12.8 Å². The van der Waals surface area contributed by atoms with Gasteiger partial charge in [-0.15, -0.1) is 0 Å².